The zero-order chi connectivity index (χ0) is 19.2. The van der Waals surface area contributed by atoms with E-state index in [1.807, 2.05) is 36.4 Å². The third-order valence-corrected chi connectivity index (χ3v) is 5.50. The maximum Gasteiger partial charge on any atom is 0.161 e. The SMILES string of the molecule is COc1cc(C(=S)N2CCC(C)CC2)ccc1OCc1ccccc1C#N. The maximum absolute atomic E-state index is 9.20. The fraction of sp³-hybridized carbons (Fsp3) is 0.364. The Morgan fingerprint density at radius 1 is 1.19 bits per heavy atom. The summed E-state index contributed by atoms with van der Waals surface area (Å²) in [5.74, 6) is 2.06. The second kappa shape index (κ2) is 8.88. The van der Waals surface area contributed by atoms with Crippen LogP contribution in [-0.4, -0.2) is 30.1 Å². The topological polar surface area (TPSA) is 45.5 Å². The number of hydrogen-bond acceptors (Lipinski definition) is 4. The molecule has 1 fully saturated rings. The lowest BCUT2D eigenvalue weighted by atomic mass is 9.99. The van der Waals surface area contributed by atoms with Crippen LogP contribution in [0, 0.1) is 17.2 Å². The number of benzene rings is 2. The van der Waals surface area contributed by atoms with Gasteiger partial charge in [-0.1, -0.05) is 37.3 Å². The number of nitrogens with zero attached hydrogens (tertiary/aromatic N) is 2. The Hall–Kier alpha value is -2.58. The zero-order valence-electron chi connectivity index (χ0n) is 15.8. The van der Waals surface area contributed by atoms with Crippen LogP contribution in [-0.2, 0) is 6.61 Å². The number of piperidine rings is 1. The summed E-state index contributed by atoms with van der Waals surface area (Å²) in [4.78, 5) is 3.13. The van der Waals surface area contributed by atoms with E-state index in [9.17, 15) is 5.26 Å². The first-order chi connectivity index (χ1) is 13.1. The highest BCUT2D eigenvalue weighted by Gasteiger charge is 2.20. The van der Waals surface area contributed by atoms with Crippen LogP contribution in [0.4, 0.5) is 0 Å². The van der Waals surface area contributed by atoms with Gasteiger partial charge in [-0.05, 0) is 43.0 Å². The van der Waals surface area contributed by atoms with Gasteiger partial charge in [-0.2, -0.15) is 5.26 Å². The van der Waals surface area contributed by atoms with Crippen molar-refractivity contribution in [2.24, 2.45) is 5.92 Å². The lowest BCUT2D eigenvalue weighted by Gasteiger charge is -2.32. The van der Waals surface area contributed by atoms with Crippen molar-refractivity contribution in [1.82, 2.24) is 4.90 Å². The quantitative estimate of drug-likeness (QED) is 0.712. The Bertz CT molecular complexity index is 852. The first-order valence-corrected chi connectivity index (χ1v) is 9.61. The lowest BCUT2D eigenvalue weighted by molar-refractivity contribution is 0.282. The normalized spacial score (nSPS) is 14.5. The predicted octanol–water partition coefficient (Wildman–Crippen LogP) is 4.55. The van der Waals surface area contributed by atoms with E-state index in [2.05, 4.69) is 17.9 Å². The molecule has 4 nitrogen and oxygen atoms in total. The zero-order valence-corrected chi connectivity index (χ0v) is 16.6. The van der Waals surface area contributed by atoms with E-state index in [0.29, 0.717) is 23.7 Å². The smallest absolute Gasteiger partial charge is 0.161 e. The number of hydrogen-bond donors (Lipinski definition) is 0. The van der Waals surface area contributed by atoms with Gasteiger partial charge in [-0.25, -0.2) is 0 Å². The molecule has 2 aromatic rings. The minimum atomic E-state index is 0.313. The van der Waals surface area contributed by atoms with Gasteiger partial charge in [0.15, 0.2) is 11.5 Å². The Labute approximate surface area is 166 Å². The summed E-state index contributed by atoms with van der Waals surface area (Å²) in [7, 11) is 1.63. The van der Waals surface area contributed by atoms with E-state index in [0.717, 1.165) is 35.1 Å². The minimum Gasteiger partial charge on any atom is -0.493 e. The second-order valence-electron chi connectivity index (χ2n) is 6.90. The molecule has 1 saturated heterocycles. The molecule has 27 heavy (non-hydrogen) atoms. The van der Waals surface area contributed by atoms with Crippen molar-refractivity contribution in [3.8, 4) is 17.6 Å². The third kappa shape index (κ3) is 4.58. The van der Waals surface area contributed by atoms with Crippen LogP contribution in [0.2, 0.25) is 0 Å². The van der Waals surface area contributed by atoms with E-state index in [1.54, 1.807) is 13.2 Å². The van der Waals surface area contributed by atoms with Gasteiger partial charge in [-0.15, -0.1) is 0 Å². The molecule has 1 aliphatic heterocycles. The highest BCUT2D eigenvalue weighted by Crippen LogP contribution is 2.30. The summed E-state index contributed by atoms with van der Waals surface area (Å²) in [6.45, 7) is 4.62. The molecule has 1 aliphatic rings. The van der Waals surface area contributed by atoms with E-state index in [-0.39, 0.29) is 0 Å². The van der Waals surface area contributed by atoms with Gasteiger partial charge in [0.25, 0.3) is 0 Å². The van der Waals surface area contributed by atoms with Crippen molar-refractivity contribution in [3.63, 3.8) is 0 Å². The lowest BCUT2D eigenvalue weighted by Crippen LogP contribution is -2.37. The number of methoxy groups -OCH3 is 1. The molecule has 0 unspecified atom stereocenters. The van der Waals surface area contributed by atoms with Crippen LogP contribution in [0.5, 0.6) is 11.5 Å². The number of rotatable bonds is 5. The van der Waals surface area contributed by atoms with Crippen LogP contribution >= 0.6 is 12.2 Å². The number of ether oxygens (including phenoxy) is 2. The molecule has 1 heterocycles. The highest BCUT2D eigenvalue weighted by atomic mass is 32.1. The van der Waals surface area contributed by atoms with Crippen molar-refractivity contribution in [2.45, 2.75) is 26.4 Å². The molecule has 0 spiro atoms. The van der Waals surface area contributed by atoms with Gasteiger partial charge in [-0.3, -0.25) is 0 Å². The molecule has 0 amide bonds. The van der Waals surface area contributed by atoms with E-state index < -0.39 is 0 Å². The van der Waals surface area contributed by atoms with E-state index in [1.165, 1.54) is 12.8 Å². The molecule has 3 rings (SSSR count). The first kappa shape index (κ1) is 19.2. The molecular formula is C22H24N2O2S. The van der Waals surface area contributed by atoms with Gasteiger partial charge in [0.2, 0.25) is 0 Å². The van der Waals surface area contributed by atoms with Crippen LogP contribution < -0.4 is 9.47 Å². The Kier molecular flexibility index (Phi) is 6.31. The van der Waals surface area contributed by atoms with Gasteiger partial charge in [0.1, 0.15) is 11.6 Å². The summed E-state index contributed by atoms with van der Waals surface area (Å²) in [5.41, 5.74) is 2.44. The molecule has 2 aromatic carbocycles. The Morgan fingerprint density at radius 3 is 2.63 bits per heavy atom. The van der Waals surface area contributed by atoms with Gasteiger partial charge in [0, 0.05) is 24.2 Å². The van der Waals surface area contributed by atoms with Crippen molar-refractivity contribution in [3.05, 3.63) is 59.2 Å². The molecular weight excluding hydrogens is 356 g/mol. The van der Waals surface area contributed by atoms with Gasteiger partial charge >= 0.3 is 0 Å². The molecule has 140 valence electrons. The molecule has 0 aromatic heterocycles. The van der Waals surface area contributed by atoms with Crippen molar-refractivity contribution in [1.29, 1.82) is 5.26 Å². The largest absolute Gasteiger partial charge is 0.493 e. The number of nitriles is 1. The first-order valence-electron chi connectivity index (χ1n) is 9.20. The highest BCUT2D eigenvalue weighted by molar-refractivity contribution is 7.80. The fourth-order valence-corrected chi connectivity index (χ4v) is 3.53. The molecule has 0 atom stereocenters. The molecule has 0 bridgehead atoms. The molecule has 0 N–H and O–H groups in total. The Balaban J connectivity index is 1.72. The van der Waals surface area contributed by atoms with Crippen molar-refractivity contribution >= 4 is 17.2 Å². The molecule has 0 saturated carbocycles. The fourth-order valence-electron chi connectivity index (χ4n) is 3.22. The summed E-state index contributed by atoms with van der Waals surface area (Å²) >= 11 is 5.70. The minimum absolute atomic E-state index is 0.313. The predicted molar refractivity (Wildman–Crippen MR) is 110 cm³/mol. The van der Waals surface area contributed by atoms with Gasteiger partial charge in [0.05, 0.1) is 18.7 Å². The molecule has 0 aliphatic carbocycles. The maximum atomic E-state index is 9.20. The van der Waals surface area contributed by atoms with Crippen LogP contribution in [0.1, 0.15) is 36.5 Å². The third-order valence-electron chi connectivity index (χ3n) is 5.00. The van der Waals surface area contributed by atoms with Crippen LogP contribution in [0.15, 0.2) is 42.5 Å². The number of thiocarbonyl (C=S) groups is 1. The van der Waals surface area contributed by atoms with E-state index in [4.69, 9.17) is 21.7 Å². The summed E-state index contributed by atoms with van der Waals surface area (Å²) < 4.78 is 11.4. The summed E-state index contributed by atoms with van der Waals surface area (Å²) in [5, 5.41) is 9.20. The monoisotopic (exact) mass is 380 g/mol. The average Bonchev–Trinajstić information content (AvgIpc) is 2.72. The summed E-state index contributed by atoms with van der Waals surface area (Å²) in [6.07, 6.45) is 2.35. The van der Waals surface area contributed by atoms with Crippen molar-refractivity contribution in [2.75, 3.05) is 20.2 Å². The van der Waals surface area contributed by atoms with Gasteiger partial charge < -0.3 is 14.4 Å². The number of likely N-dealkylation sites (tertiary alicyclic amines) is 1. The van der Waals surface area contributed by atoms with Crippen LogP contribution in [0.3, 0.4) is 0 Å². The van der Waals surface area contributed by atoms with Crippen molar-refractivity contribution < 1.29 is 9.47 Å². The Morgan fingerprint density at radius 2 is 1.93 bits per heavy atom. The molecule has 5 heteroatoms. The standard InChI is InChI=1S/C22H24N2O2S/c1-16-9-11-24(12-10-16)22(27)17-7-8-20(21(13-17)25-2)26-15-19-6-4-3-5-18(19)14-23/h3-8,13,16H,9-12,15H2,1-2H3. The van der Waals surface area contributed by atoms with Crippen LogP contribution in [0.25, 0.3) is 0 Å². The summed E-state index contributed by atoms with van der Waals surface area (Å²) in [6, 6.07) is 15.4. The second-order valence-corrected chi connectivity index (χ2v) is 7.28. The molecule has 0 radical (unpaired) electrons. The van der Waals surface area contributed by atoms with E-state index >= 15 is 0 Å². The average molecular weight is 381 g/mol.